The first-order valence-electron chi connectivity index (χ1n) is 6.53. The van der Waals surface area contributed by atoms with Crippen molar-refractivity contribution in [1.29, 1.82) is 0 Å². The predicted molar refractivity (Wildman–Crippen MR) is 87.1 cm³/mol. The number of hydrogen-bond donors (Lipinski definition) is 2. The number of hydrogen-bond acceptors (Lipinski definition) is 1. The third-order valence-electron chi connectivity index (χ3n) is 3.28. The van der Waals surface area contributed by atoms with Crippen LogP contribution in [0.5, 0.6) is 0 Å². The molecule has 3 rings (SSSR count). The average Bonchev–Trinajstić information content (AvgIpc) is 2.85. The lowest BCUT2D eigenvalue weighted by molar-refractivity contribution is -0.115. The number of amides is 1. The van der Waals surface area contributed by atoms with Gasteiger partial charge in [0.1, 0.15) is 5.82 Å². The molecule has 0 aliphatic carbocycles. The van der Waals surface area contributed by atoms with Gasteiger partial charge in [-0.15, -0.1) is 0 Å². The van der Waals surface area contributed by atoms with E-state index in [-0.39, 0.29) is 18.1 Å². The Balaban J connectivity index is 1.80. The van der Waals surface area contributed by atoms with Crippen LogP contribution in [0.1, 0.15) is 5.56 Å². The molecule has 0 aliphatic heterocycles. The predicted octanol–water partition coefficient (Wildman–Crippen LogP) is 4.80. The monoisotopic (exact) mass is 336 g/mol. The van der Waals surface area contributed by atoms with E-state index in [9.17, 15) is 9.18 Å². The maximum atomic E-state index is 13.2. The second-order valence-electron chi connectivity index (χ2n) is 4.85. The van der Waals surface area contributed by atoms with Gasteiger partial charge in [-0.1, -0.05) is 23.2 Å². The van der Waals surface area contributed by atoms with Gasteiger partial charge >= 0.3 is 0 Å². The first-order chi connectivity index (χ1) is 10.5. The average molecular weight is 337 g/mol. The van der Waals surface area contributed by atoms with Gasteiger partial charge in [0.05, 0.1) is 17.1 Å². The molecule has 2 N–H and O–H groups in total. The molecule has 3 aromatic rings. The minimum Gasteiger partial charge on any atom is -0.361 e. The van der Waals surface area contributed by atoms with Crippen molar-refractivity contribution < 1.29 is 9.18 Å². The molecule has 6 heteroatoms. The maximum absolute atomic E-state index is 13.2. The minimum atomic E-state index is -0.323. The number of fused-ring (bicyclic) bond motifs is 1. The summed E-state index contributed by atoms with van der Waals surface area (Å²) in [5, 5.41) is 4.44. The Bertz CT molecular complexity index is 860. The number of halogens is 3. The Morgan fingerprint density at radius 3 is 2.82 bits per heavy atom. The van der Waals surface area contributed by atoms with Gasteiger partial charge in [-0.05, 0) is 42.0 Å². The van der Waals surface area contributed by atoms with Gasteiger partial charge in [-0.25, -0.2) is 4.39 Å². The number of carbonyl (C=O) groups is 1. The summed E-state index contributed by atoms with van der Waals surface area (Å²) in [6.07, 6.45) is 1.84. The number of anilines is 1. The van der Waals surface area contributed by atoms with E-state index in [0.717, 1.165) is 10.9 Å². The Labute approximate surface area is 136 Å². The van der Waals surface area contributed by atoms with E-state index in [4.69, 9.17) is 23.2 Å². The Hall–Kier alpha value is -2.04. The van der Waals surface area contributed by atoms with Crippen molar-refractivity contribution in [2.75, 3.05) is 5.32 Å². The zero-order chi connectivity index (χ0) is 15.7. The van der Waals surface area contributed by atoms with Gasteiger partial charge in [0.2, 0.25) is 5.91 Å². The lowest BCUT2D eigenvalue weighted by Crippen LogP contribution is -2.14. The summed E-state index contributed by atoms with van der Waals surface area (Å²) < 4.78 is 13.2. The van der Waals surface area contributed by atoms with Gasteiger partial charge in [-0.2, -0.15) is 0 Å². The van der Waals surface area contributed by atoms with Crippen LogP contribution in [0.2, 0.25) is 10.0 Å². The largest absolute Gasteiger partial charge is 0.361 e. The Kier molecular flexibility index (Phi) is 4.05. The van der Waals surface area contributed by atoms with Gasteiger partial charge in [0.15, 0.2) is 0 Å². The number of rotatable bonds is 3. The van der Waals surface area contributed by atoms with Crippen molar-refractivity contribution in [3.05, 3.63) is 64.0 Å². The zero-order valence-electron chi connectivity index (χ0n) is 11.3. The fourth-order valence-corrected chi connectivity index (χ4v) is 2.60. The normalized spacial score (nSPS) is 10.9. The molecule has 0 fully saturated rings. The van der Waals surface area contributed by atoms with Gasteiger partial charge < -0.3 is 10.3 Å². The molecule has 0 saturated carbocycles. The molecule has 112 valence electrons. The van der Waals surface area contributed by atoms with Crippen LogP contribution in [0.15, 0.2) is 42.6 Å². The Morgan fingerprint density at radius 1 is 1.18 bits per heavy atom. The van der Waals surface area contributed by atoms with Crippen LogP contribution in [-0.4, -0.2) is 10.9 Å². The van der Waals surface area contributed by atoms with Gasteiger partial charge in [-0.3, -0.25) is 4.79 Å². The standard InChI is InChI=1S/C16H11Cl2FN2O/c17-10-1-4-13(18)15(6-10)21-16(22)5-9-8-20-14-7-11(19)2-3-12(9)14/h1-4,6-8,20H,5H2,(H,21,22). The molecule has 0 unspecified atom stereocenters. The van der Waals surface area contributed by atoms with Crippen LogP contribution in [0.4, 0.5) is 10.1 Å². The third kappa shape index (κ3) is 3.08. The van der Waals surface area contributed by atoms with Crippen molar-refractivity contribution in [3.63, 3.8) is 0 Å². The number of H-pyrrole nitrogens is 1. The van der Waals surface area contributed by atoms with E-state index in [0.29, 0.717) is 21.2 Å². The van der Waals surface area contributed by atoms with Crippen LogP contribution >= 0.6 is 23.2 Å². The molecule has 0 bridgehead atoms. The second-order valence-corrected chi connectivity index (χ2v) is 5.70. The topological polar surface area (TPSA) is 44.9 Å². The number of carbonyl (C=O) groups excluding carboxylic acids is 1. The van der Waals surface area contributed by atoms with E-state index in [1.54, 1.807) is 30.5 Å². The summed E-state index contributed by atoms with van der Waals surface area (Å²) in [6, 6.07) is 9.26. The first-order valence-corrected chi connectivity index (χ1v) is 7.29. The Morgan fingerprint density at radius 2 is 2.00 bits per heavy atom. The molecular weight excluding hydrogens is 326 g/mol. The molecule has 0 radical (unpaired) electrons. The molecule has 0 aliphatic rings. The van der Waals surface area contributed by atoms with E-state index >= 15 is 0 Å². The molecule has 2 aromatic carbocycles. The summed E-state index contributed by atoms with van der Waals surface area (Å²) in [5.41, 5.74) is 1.90. The lowest BCUT2D eigenvalue weighted by Gasteiger charge is -2.07. The van der Waals surface area contributed by atoms with Crippen molar-refractivity contribution in [2.24, 2.45) is 0 Å². The molecule has 0 saturated heterocycles. The van der Waals surface area contributed by atoms with E-state index < -0.39 is 0 Å². The number of nitrogens with one attached hydrogen (secondary N) is 2. The number of benzene rings is 2. The molecule has 1 aromatic heterocycles. The number of aromatic nitrogens is 1. The van der Waals surface area contributed by atoms with Crippen LogP contribution in [0.3, 0.4) is 0 Å². The molecule has 1 amide bonds. The SMILES string of the molecule is O=C(Cc1c[nH]c2cc(F)ccc12)Nc1cc(Cl)ccc1Cl. The van der Waals surface area contributed by atoms with E-state index in [1.807, 2.05) is 0 Å². The van der Waals surface area contributed by atoms with E-state index in [1.165, 1.54) is 12.1 Å². The van der Waals surface area contributed by atoms with Crippen molar-refractivity contribution in [2.45, 2.75) is 6.42 Å². The third-order valence-corrected chi connectivity index (χ3v) is 3.85. The highest BCUT2D eigenvalue weighted by molar-refractivity contribution is 6.35. The maximum Gasteiger partial charge on any atom is 0.228 e. The highest BCUT2D eigenvalue weighted by Gasteiger charge is 2.11. The van der Waals surface area contributed by atoms with E-state index in [2.05, 4.69) is 10.3 Å². The van der Waals surface area contributed by atoms with Crippen LogP contribution < -0.4 is 5.32 Å². The summed E-state index contributed by atoms with van der Waals surface area (Å²) in [6.45, 7) is 0. The molecule has 0 spiro atoms. The summed E-state index contributed by atoms with van der Waals surface area (Å²) in [4.78, 5) is 15.1. The van der Waals surface area contributed by atoms with Crippen LogP contribution in [0, 0.1) is 5.82 Å². The van der Waals surface area contributed by atoms with Crippen molar-refractivity contribution in [3.8, 4) is 0 Å². The van der Waals surface area contributed by atoms with Crippen molar-refractivity contribution >= 4 is 45.7 Å². The second kappa shape index (κ2) is 5.99. The molecule has 1 heterocycles. The van der Waals surface area contributed by atoms with Crippen LogP contribution in [-0.2, 0) is 11.2 Å². The smallest absolute Gasteiger partial charge is 0.228 e. The molecular formula is C16H11Cl2FN2O. The molecule has 3 nitrogen and oxygen atoms in total. The fraction of sp³-hybridized carbons (Fsp3) is 0.0625. The minimum absolute atomic E-state index is 0.147. The molecule has 22 heavy (non-hydrogen) atoms. The lowest BCUT2D eigenvalue weighted by atomic mass is 10.1. The number of aromatic amines is 1. The van der Waals surface area contributed by atoms with Crippen molar-refractivity contribution in [1.82, 2.24) is 4.98 Å². The summed E-state index contributed by atoms with van der Waals surface area (Å²) in [5.74, 6) is -0.551. The van der Waals surface area contributed by atoms with Crippen LogP contribution in [0.25, 0.3) is 10.9 Å². The first kappa shape index (κ1) is 14.9. The fourth-order valence-electron chi connectivity index (χ4n) is 2.27. The summed E-state index contributed by atoms with van der Waals surface area (Å²) >= 11 is 11.9. The summed E-state index contributed by atoms with van der Waals surface area (Å²) in [7, 11) is 0. The highest BCUT2D eigenvalue weighted by atomic mass is 35.5. The van der Waals surface area contributed by atoms with Gasteiger partial charge in [0.25, 0.3) is 0 Å². The quantitative estimate of drug-likeness (QED) is 0.709. The van der Waals surface area contributed by atoms with Gasteiger partial charge in [0, 0.05) is 22.1 Å². The highest BCUT2D eigenvalue weighted by Crippen LogP contribution is 2.26. The zero-order valence-corrected chi connectivity index (χ0v) is 12.8. The molecule has 0 atom stereocenters.